The minimum atomic E-state index is -0.435. The van der Waals surface area contributed by atoms with Crippen LogP contribution in [0, 0.1) is 5.82 Å². The first-order chi connectivity index (χ1) is 12.5. The molecule has 5 nitrogen and oxygen atoms in total. The fourth-order valence-electron chi connectivity index (χ4n) is 2.51. The molecule has 2 N–H and O–H groups in total. The van der Waals surface area contributed by atoms with Crippen LogP contribution in [0.2, 0.25) is 0 Å². The van der Waals surface area contributed by atoms with E-state index in [2.05, 4.69) is 15.3 Å². The normalized spacial score (nSPS) is 10.8. The molecule has 1 heterocycles. The number of hydrogen-bond acceptors (Lipinski definition) is 4. The summed E-state index contributed by atoms with van der Waals surface area (Å²) < 4.78 is 14.1. The molecule has 0 bridgehead atoms. The van der Waals surface area contributed by atoms with Gasteiger partial charge in [0.15, 0.2) is 10.9 Å². The lowest BCUT2D eigenvalue weighted by atomic mass is 10.1. The van der Waals surface area contributed by atoms with Gasteiger partial charge in [0.2, 0.25) is 5.91 Å². The second-order valence-corrected chi connectivity index (χ2v) is 6.77. The van der Waals surface area contributed by atoms with Crippen LogP contribution in [-0.2, 0) is 11.2 Å². The first kappa shape index (κ1) is 18.1. The van der Waals surface area contributed by atoms with Crippen LogP contribution in [-0.4, -0.2) is 34.0 Å². The summed E-state index contributed by atoms with van der Waals surface area (Å²) in [6, 6.07) is 12.1. The van der Waals surface area contributed by atoms with Gasteiger partial charge < -0.3 is 10.3 Å². The maximum absolute atomic E-state index is 14.1. The van der Waals surface area contributed by atoms with Gasteiger partial charge in [-0.3, -0.25) is 9.59 Å². The zero-order valence-corrected chi connectivity index (χ0v) is 15.0. The Bertz CT molecular complexity index is 922. The molecule has 3 rings (SSSR count). The van der Waals surface area contributed by atoms with E-state index in [1.54, 1.807) is 12.1 Å². The third-order valence-corrected chi connectivity index (χ3v) is 4.72. The molecule has 0 saturated carbocycles. The topological polar surface area (TPSA) is 74.8 Å². The van der Waals surface area contributed by atoms with Gasteiger partial charge in [-0.25, -0.2) is 9.37 Å². The lowest BCUT2D eigenvalue weighted by Gasteiger charge is -2.06. The van der Waals surface area contributed by atoms with Gasteiger partial charge in [-0.2, -0.15) is 0 Å². The fraction of sp³-hybridized carbons (Fsp3) is 0.211. The van der Waals surface area contributed by atoms with Gasteiger partial charge in [-0.15, -0.1) is 0 Å². The van der Waals surface area contributed by atoms with E-state index in [9.17, 15) is 14.0 Å². The SMILES string of the molecule is CC(=O)NCCc1ccc(C(=O)CSc2nc3ccccc3[nH]2)cc1F. The van der Waals surface area contributed by atoms with Crippen molar-refractivity contribution < 1.29 is 14.0 Å². The molecule has 3 aromatic rings. The molecule has 7 heteroatoms. The first-order valence-corrected chi connectivity index (χ1v) is 9.15. The Balaban J connectivity index is 1.60. The van der Waals surface area contributed by atoms with Crippen LogP contribution < -0.4 is 5.32 Å². The van der Waals surface area contributed by atoms with E-state index in [0.29, 0.717) is 29.2 Å². The van der Waals surface area contributed by atoms with E-state index in [0.717, 1.165) is 11.0 Å². The number of nitrogens with zero attached hydrogens (tertiary/aromatic N) is 1. The number of aromatic amines is 1. The number of Topliss-reactive ketones (excluding diaryl/α,β-unsaturated/α-hetero) is 1. The monoisotopic (exact) mass is 371 g/mol. The van der Waals surface area contributed by atoms with Crippen LogP contribution >= 0.6 is 11.8 Å². The van der Waals surface area contributed by atoms with Crippen molar-refractivity contribution in [3.63, 3.8) is 0 Å². The summed E-state index contributed by atoms with van der Waals surface area (Å²) in [7, 11) is 0. The Morgan fingerprint density at radius 3 is 2.77 bits per heavy atom. The maximum atomic E-state index is 14.1. The van der Waals surface area contributed by atoms with Crippen molar-refractivity contribution in [1.29, 1.82) is 0 Å². The smallest absolute Gasteiger partial charge is 0.216 e. The van der Waals surface area contributed by atoms with E-state index < -0.39 is 5.82 Å². The van der Waals surface area contributed by atoms with E-state index >= 15 is 0 Å². The van der Waals surface area contributed by atoms with E-state index in [4.69, 9.17) is 0 Å². The summed E-state index contributed by atoms with van der Waals surface area (Å²) in [4.78, 5) is 30.7. The number of aromatic nitrogens is 2. The molecule has 1 aromatic heterocycles. The van der Waals surface area contributed by atoms with Gasteiger partial charge in [0.1, 0.15) is 5.82 Å². The quantitative estimate of drug-likeness (QED) is 0.493. The van der Waals surface area contributed by atoms with Gasteiger partial charge >= 0.3 is 0 Å². The number of H-pyrrole nitrogens is 1. The number of carbonyl (C=O) groups excluding carboxylic acids is 2. The standard InChI is InChI=1S/C19H18FN3O2S/c1-12(24)21-9-8-13-6-7-14(10-15(13)20)18(25)11-26-19-22-16-4-2-3-5-17(16)23-19/h2-7,10H,8-9,11H2,1H3,(H,21,24)(H,22,23). The van der Waals surface area contributed by atoms with Gasteiger partial charge in [0.05, 0.1) is 16.8 Å². The van der Waals surface area contributed by atoms with Crippen molar-refractivity contribution >= 4 is 34.5 Å². The summed E-state index contributed by atoms with van der Waals surface area (Å²) in [6.07, 6.45) is 0.383. The number of carbonyl (C=O) groups is 2. The summed E-state index contributed by atoms with van der Waals surface area (Å²) in [5, 5.41) is 3.28. The number of benzene rings is 2. The molecular formula is C19H18FN3O2S. The molecule has 0 saturated heterocycles. The average Bonchev–Trinajstić information content (AvgIpc) is 3.03. The molecule has 0 unspecified atom stereocenters. The Hall–Kier alpha value is -2.67. The number of rotatable bonds is 7. The van der Waals surface area contributed by atoms with Gasteiger partial charge in [0, 0.05) is 19.0 Å². The zero-order valence-electron chi connectivity index (χ0n) is 14.2. The fourth-order valence-corrected chi connectivity index (χ4v) is 3.29. The van der Waals surface area contributed by atoms with Crippen molar-refractivity contribution in [1.82, 2.24) is 15.3 Å². The largest absolute Gasteiger partial charge is 0.356 e. The number of nitrogens with one attached hydrogen (secondary N) is 2. The van der Waals surface area contributed by atoms with Crippen LogP contribution in [0.5, 0.6) is 0 Å². The Kier molecular flexibility index (Phi) is 5.68. The lowest BCUT2D eigenvalue weighted by Crippen LogP contribution is -2.22. The number of para-hydroxylation sites is 2. The number of hydrogen-bond donors (Lipinski definition) is 2. The van der Waals surface area contributed by atoms with Crippen LogP contribution in [0.3, 0.4) is 0 Å². The third-order valence-electron chi connectivity index (χ3n) is 3.85. The number of fused-ring (bicyclic) bond motifs is 1. The molecule has 0 spiro atoms. The van der Waals surface area contributed by atoms with Crippen LogP contribution in [0.4, 0.5) is 4.39 Å². The highest BCUT2D eigenvalue weighted by atomic mass is 32.2. The highest BCUT2D eigenvalue weighted by Crippen LogP contribution is 2.21. The molecule has 0 radical (unpaired) electrons. The first-order valence-electron chi connectivity index (χ1n) is 8.16. The van der Waals surface area contributed by atoms with Crippen LogP contribution in [0.1, 0.15) is 22.8 Å². The molecule has 0 aliphatic carbocycles. The summed E-state index contributed by atoms with van der Waals surface area (Å²) in [5.41, 5.74) is 2.56. The molecule has 26 heavy (non-hydrogen) atoms. The van der Waals surface area contributed by atoms with Crippen LogP contribution in [0.25, 0.3) is 11.0 Å². The van der Waals surface area contributed by atoms with Gasteiger partial charge in [0.25, 0.3) is 0 Å². The Morgan fingerprint density at radius 1 is 1.23 bits per heavy atom. The Morgan fingerprint density at radius 2 is 2.04 bits per heavy atom. The zero-order chi connectivity index (χ0) is 18.5. The van der Waals surface area contributed by atoms with Crippen molar-refractivity contribution in [3.8, 4) is 0 Å². The number of amides is 1. The van der Waals surface area contributed by atoms with E-state index in [1.807, 2.05) is 24.3 Å². The molecule has 0 fully saturated rings. The predicted octanol–water partition coefficient (Wildman–Crippen LogP) is 3.36. The van der Waals surface area contributed by atoms with Crippen molar-refractivity contribution in [2.75, 3.05) is 12.3 Å². The second-order valence-electron chi connectivity index (χ2n) is 5.81. The third kappa shape index (κ3) is 4.49. The molecule has 1 amide bonds. The van der Waals surface area contributed by atoms with Crippen molar-refractivity contribution in [3.05, 3.63) is 59.4 Å². The minimum absolute atomic E-state index is 0.153. The molecular weight excluding hydrogens is 353 g/mol. The average molecular weight is 371 g/mol. The lowest BCUT2D eigenvalue weighted by molar-refractivity contribution is -0.118. The van der Waals surface area contributed by atoms with E-state index in [-0.39, 0.29) is 17.4 Å². The minimum Gasteiger partial charge on any atom is -0.356 e. The molecule has 134 valence electrons. The highest BCUT2D eigenvalue weighted by molar-refractivity contribution is 7.99. The molecule has 0 aliphatic heterocycles. The summed E-state index contributed by atoms with van der Waals surface area (Å²) in [5.74, 6) is -0.581. The number of imidazole rings is 1. The Labute approximate surface area is 154 Å². The number of thioether (sulfide) groups is 1. The number of halogens is 1. The highest BCUT2D eigenvalue weighted by Gasteiger charge is 2.12. The number of ketones is 1. The maximum Gasteiger partial charge on any atom is 0.216 e. The second kappa shape index (κ2) is 8.14. The predicted molar refractivity (Wildman–Crippen MR) is 99.9 cm³/mol. The summed E-state index contributed by atoms with van der Waals surface area (Å²) >= 11 is 1.29. The van der Waals surface area contributed by atoms with Crippen LogP contribution in [0.15, 0.2) is 47.6 Å². The van der Waals surface area contributed by atoms with Gasteiger partial charge in [-0.1, -0.05) is 36.0 Å². The van der Waals surface area contributed by atoms with Crippen molar-refractivity contribution in [2.24, 2.45) is 0 Å². The molecule has 2 aromatic carbocycles. The molecule has 0 aliphatic rings. The van der Waals surface area contributed by atoms with Gasteiger partial charge in [-0.05, 0) is 30.2 Å². The van der Waals surface area contributed by atoms with Crippen molar-refractivity contribution in [2.45, 2.75) is 18.5 Å². The van der Waals surface area contributed by atoms with E-state index in [1.165, 1.54) is 24.8 Å². The molecule has 0 atom stereocenters. The summed E-state index contributed by atoms with van der Waals surface area (Å²) in [6.45, 7) is 1.78.